The first-order valence-electron chi connectivity index (χ1n) is 13.1. The molecular weight excluding hydrogens is 587 g/mol. The summed E-state index contributed by atoms with van der Waals surface area (Å²) in [6.45, 7) is 6.40. The van der Waals surface area contributed by atoms with Crippen LogP contribution in [-0.4, -0.2) is 33.2 Å². The fraction of sp³-hybridized carbons (Fsp3) is 0.241. The highest BCUT2D eigenvalue weighted by Crippen LogP contribution is 2.44. The average Bonchev–Trinajstić information content (AvgIpc) is 3.69. The molecule has 0 saturated carbocycles. The van der Waals surface area contributed by atoms with E-state index in [1.165, 1.54) is 6.07 Å². The lowest BCUT2D eigenvalue weighted by molar-refractivity contribution is -0.140. The predicted molar refractivity (Wildman–Crippen MR) is 153 cm³/mol. The number of aromatic nitrogens is 3. The first-order valence-corrected chi connectivity index (χ1v) is 13.9. The van der Waals surface area contributed by atoms with Crippen molar-refractivity contribution in [2.24, 2.45) is 5.73 Å². The van der Waals surface area contributed by atoms with E-state index in [-0.39, 0.29) is 38.7 Å². The zero-order valence-corrected chi connectivity index (χ0v) is 24.1. The van der Waals surface area contributed by atoms with Crippen LogP contribution in [0.5, 0.6) is 11.5 Å². The topological polar surface area (TPSA) is 134 Å². The lowest BCUT2D eigenvalue weighted by atomic mass is 10.0. The third-order valence-corrected chi connectivity index (χ3v) is 7.47. The van der Waals surface area contributed by atoms with Gasteiger partial charge < -0.3 is 24.9 Å². The third kappa shape index (κ3) is 6.18. The molecule has 0 unspecified atom stereocenters. The van der Waals surface area contributed by atoms with E-state index >= 15 is 0 Å². The van der Waals surface area contributed by atoms with Crippen molar-refractivity contribution in [2.75, 3.05) is 11.9 Å². The van der Waals surface area contributed by atoms with Gasteiger partial charge in [0.1, 0.15) is 39.3 Å². The van der Waals surface area contributed by atoms with Crippen molar-refractivity contribution < 1.29 is 36.7 Å². The van der Waals surface area contributed by atoms with Crippen LogP contribution < -0.4 is 20.5 Å². The molecule has 0 saturated heterocycles. The van der Waals surface area contributed by atoms with Crippen LogP contribution in [0.4, 0.5) is 18.9 Å². The number of furan rings is 1. The van der Waals surface area contributed by atoms with E-state index in [9.17, 15) is 22.8 Å². The van der Waals surface area contributed by atoms with Gasteiger partial charge in [-0.25, -0.2) is 4.98 Å². The molecule has 43 heavy (non-hydrogen) atoms. The summed E-state index contributed by atoms with van der Waals surface area (Å²) >= 11 is 0.654. The number of nitrogens with zero attached hydrogens (tertiary/aromatic N) is 3. The zero-order valence-electron chi connectivity index (χ0n) is 23.2. The Bertz CT molecular complexity index is 1810. The predicted octanol–water partition coefficient (Wildman–Crippen LogP) is 6.43. The normalized spacial score (nSPS) is 11.6. The molecule has 2 amide bonds. The molecule has 4 aromatic heterocycles. The number of pyridine rings is 1. The second kappa shape index (κ2) is 11.8. The number of nitrogens with one attached hydrogen (secondary N) is 1. The minimum atomic E-state index is -4.77. The molecule has 1 aromatic carbocycles. The number of amides is 2. The van der Waals surface area contributed by atoms with E-state index in [4.69, 9.17) is 19.6 Å². The number of hydrogen-bond donors (Lipinski definition) is 2. The molecule has 3 N–H and O–H groups in total. The largest absolute Gasteiger partial charge is 0.494 e. The zero-order chi connectivity index (χ0) is 30.9. The van der Waals surface area contributed by atoms with Crippen LogP contribution in [-0.2, 0) is 19.3 Å². The van der Waals surface area contributed by atoms with Crippen LogP contribution in [0.15, 0.2) is 53.1 Å². The molecule has 0 fully saturated rings. The van der Waals surface area contributed by atoms with Gasteiger partial charge in [-0.05, 0) is 68.8 Å². The fourth-order valence-corrected chi connectivity index (χ4v) is 5.41. The third-order valence-electron chi connectivity index (χ3n) is 6.38. The summed E-state index contributed by atoms with van der Waals surface area (Å²) in [5.41, 5.74) is 5.30. The summed E-state index contributed by atoms with van der Waals surface area (Å²) in [6.07, 6.45) is -3.17. The number of rotatable bonds is 10. The van der Waals surface area contributed by atoms with E-state index in [1.807, 2.05) is 13.8 Å². The van der Waals surface area contributed by atoms with E-state index in [0.717, 1.165) is 6.07 Å². The Morgan fingerprint density at radius 3 is 2.37 bits per heavy atom. The maximum atomic E-state index is 13.8. The summed E-state index contributed by atoms with van der Waals surface area (Å²) in [7, 11) is 0. The molecule has 0 radical (unpaired) electrons. The number of nitrogens with two attached hydrogens (primary N) is 1. The first kappa shape index (κ1) is 29.6. The Labute approximate surface area is 247 Å². The quantitative estimate of drug-likeness (QED) is 0.185. The highest BCUT2D eigenvalue weighted by atomic mass is 32.1. The molecule has 5 rings (SSSR count). The maximum absolute atomic E-state index is 13.8. The Hall–Kier alpha value is -4.85. The number of benzene rings is 1. The lowest BCUT2D eigenvalue weighted by Crippen LogP contribution is -2.16. The number of hydrogen-bond acceptors (Lipinski definition) is 8. The van der Waals surface area contributed by atoms with Crippen molar-refractivity contribution in [3.05, 3.63) is 76.4 Å². The number of anilines is 1. The van der Waals surface area contributed by atoms with Gasteiger partial charge in [0, 0.05) is 23.7 Å². The molecule has 4 heterocycles. The highest BCUT2D eigenvalue weighted by molar-refractivity contribution is 7.21. The second-order valence-electron chi connectivity index (χ2n) is 9.30. The molecule has 0 aliphatic rings. The molecular formula is C29H26F3N5O5S. The van der Waals surface area contributed by atoms with Crippen molar-refractivity contribution in [3.8, 4) is 22.6 Å². The van der Waals surface area contributed by atoms with E-state index < -0.39 is 23.7 Å². The first-order chi connectivity index (χ1) is 20.5. The van der Waals surface area contributed by atoms with E-state index in [0.29, 0.717) is 53.0 Å². The van der Waals surface area contributed by atoms with Gasteiger partial charge in [-0.2, -0.15) is 18.3 Å². The van der Waals surface area contributed by atoms with Crippen LogP contribution in [0.25, 0.3) is 21.3 Å². The van der Waals surface area contributed by atoms with Crippen LogP contribution in [0, 0.1) is 6.92 Å². The second-order valence-corrected chi connectivity index (χ2v) is 10.3. The van der Waals surface area contributed by atoms with Gasteiger partial charge in [0.05, 0.1) is 18.0 Å². The van der Waals surface area contributed by atoms with Crippen molar-refractivity contribution in [1.29, 1.82) is 0 Å². The van der Waals surface area contributed by atoms with Crippen LogP contribution in [0.3, 0.4) is 0 Å². The fourth-order valence-electron chi connectivity index (χ4n) is 4.40. The van der Waals surface area contributed by atoms with Gasteiger partial charge in [0.15, 0.2) is 5.76 Å². The van der Waals surface area contributed by atoms with E-state index in [1.54, 1.807) is 48.1 Å². The molecule has 224 valence electrons. The summed E-state index contributed by atoms with van der Waals surface area (Å²) in [6, 6.07) is 10.8. The minimum absolute atomic E-state index is 0.0180. The minimum Gasteiger partial charge on any atom is -0.494 e. The number of fused-ring (bicyclic) bond motifs is 1. The number of primary amides is 1. The molecule has 0 spiro atoms. The van der Waals surface area contributed by atoms with Crippen molar-refractivity contribution in [3.63, 3.8) is 0 Å². The van der Waals surface area contributed by atoms with Gasteiger partial charge in [-0.3, -0.25) is 14.3 Å². The Balaban J connectivity index is 1.48. The number of halogens is 3. The Morgan fingerprint density at radius 2 is 1.77 bits per heavy atom. The van der Waals surface area contributed by atoms with Crippen molar-refractivity contribution >= 4 is 39.1 Å². The molecule has 0 aliphatic heterocycles. The van der Waals surface area contributed by atoms with Gasteiger partial charge in [-0.1, -0.05) is 0 Å². The van der Waals surface area contributed by atoms with Gasteiger partial charge in [-0.15, -0.1) is 11.3 Å². The van der Waals surface area contributed by atoms with Gasteiger partial charge >= 0.3 is 6.18 Å². The number of carbonyl (C=O) groups is 2. The van der Waals surface area contributed by atoms with Crippen LogP contribution in [0.1, 0.15) is 51.2 Å². The number of alkyl halides is 3. The number of thiophene rings is 1. The lowest BCUT2D eigenvalue weighted by Gasteiger charge is -2.11. The van der Waals surface area contributed by atoms with Crippen LogP contribution >= 0.6 is 11.3 Å². The molecule has 10 nitrogen and oxygen atoms in total. The standard InChI is InChI=1S/C29H26F3N5O5S/c1-4-37-13-20(15(3)36-37)19-12-22(29(30,31)32)34-28-23(19)24(25(43-28)26(33)38)35-27(39)21-11-10-18(42-21)14-41-17-8-6-16(7-9-17)40-5-2/h6-13H,4-5,14H2,1-3H3,(H2,33,38)(H,35,39). The molecule has 0 atom stereocenters. The van der Waals surface area contributed by atoms with E-state index in [2.05, 4.69) is 15.4 Å². The monoisotopic (exact) mass is 613 g/mol. The Morgan fingerprint density at radius 1 is 1.07 bits per heavy atom. The van der Waals surface area contributed by atoms with Gasteiger partial charge in [0.2, 0.25) is 0 Å². The maximum Gasteiger partial charge on any atom is 0.433 e. The molecule has 0 aliphatic carbocycles. The number of ether oxygens (including phenoxy) is 2. The smallest absolute Gasteiger partial charge is 0.433 e. The SMILES string of the molecule is CCOc1ccc(OCc2ccc(C(=O)Nc3c(C(N)=O)sc4nc(C(F)(F)F)cc(-c5cn(CC)nc5C)c34)o2)cc1. The number of carbonyl (C=O) groups excluding carboxylic acids is 2. The Kier molecular flexibility index (Phi) is 8.13. The summed E-state index contributed by atoms with van der Waals surface area (Å²) < 4.78 is 59.8. The van der Waals surface area contributed by atoms with Gasteiger partial charge in [0.25, 0.3) is 11.8 Å². The molecule has 5 aromatic rings. The number of aryl methyl sites for hydroxylation is 2. The summed E-state index contributed by atoms with van der Waals surface area (Å²) in [5, 5.41) is 7.09. The summed E-state index contributed by atoms with van der Waals surface area (Å²) in [5.74, 6) is -0.211. The van der Waals surface area contributed by atoms with Crippen LogP contribution in [0.2, 0.25) is 0 Å². The molecule has 14 heteroatoms. The molecule has 0 bridgehead atoms. The highest BCUT2D eigenvalue weighted by Gasteiger charge is 2.35. The summed E-state index contributed by atoms with van der Waals surface area (Å²) in [4.78, 5) is 29.2. The van der Waals surface area contributed by atoms with Crippen molar-refractivity contribution in [2.45, 2.75) is 40.1 Å². The average molecular weight is 614 g/mol. The van der Waals surface area contributed by atoms with Crippen molar-refractivity contribution in [1.82, 2.24) is 14.8 Å².